The van der Waals surface area contributed by atoms with Crippen molar-refractivity contribution in [3.8, 4) is 0 Å². The topological polar surface area (TPSA) is 101 Å². The molecular weight excluding hydrogens is 422 g/mol. The van der Waals surface area contributed by atoms with Crippen LogP contribution in [0.1, 0.15) is 13.3 Å². The lowest BCUT2D eigenvalue weighted by molar-refractivity contribution is -0.137. The molecule has 0 saturated carbocycles. The molecule has 3 rings (SSSR count). The summed E-state index contributed by atoms with van der Waals surface area (Å²) in [6, 6.07) is 8.41. The Kier molecular flexibility index (Phi) is 6.38. The Bertz CT molecular complexity index is 1080. The Hall–Kier alpha value is -2.36. The minimum Gasteiger partial charge on any atom is -0.480 e. The van der Waals surface area contributed by atoms with Crippen LogP contribution >= 0.6 is 34.7 Å². The second kappa shape index (κ2) is 8.76. The highest BCUT2D eigenvalue weighted by molar-refractivity contribution is 8.00. The molecular formula is C18H16ClN3O4S2. The highest BCUT2D eigenvalue weighted by Crippen LogP contribution is 2.27. The number of aliphatic carboxylic acids is 1. The number of rotatable bonds is 7. The van der Waals surface area contributed by atoms with E-state index in [4.69, 9.17) is 11.6 Å². The number of halogens is 1. The molecule has 0 radical (unpaired) electrons. The van der Waals surface area contributed by atoms with E-state index in [1.54, 1.807) is 35.7 Å². The number of hydrogen-bond donors (Lipinski definition) is 2. The van der Waals surface area contributed by atoms with Gasteiger partial charge in [-0.05, 0) is 42.1 Å². The van der Waals surface area contributed by atoms with Gasteiger partial charge < -0.3 is 10.4 Å². The Morgan fingerprint density at radius 1 is 1.32 bits per heavy atom. The number of carboxylic acid groups (broad SMARTS) is 1. The van der Waals surface area contributed by atoms with Crippen LogP contribution in [0.2, 0.25) is 5.02 Å². The van der Waals surface area contributed by atoms with Gasteiger partial charge in [0.25, 0.3) is 5.56 Å². The number of hydrogen-bond acceptors (Lipinski definition) is 6. The normalized spacial score (nSPS) is 12.1. The molecule has 28 heavy (non-hydrogen) atoms. The molecule has 1 atom stereocenters. The fourth-order valence-corrected chi connectivity index (χ4v) is 4.41. The summed E-state index contributed by atoms with van der Waals surface area (Å²) in [6.45, 7) is 1.32. The molecule has 0 spiro atoms. The van der Waals surface area contributed by atoms with E-state index < -0.39 is 23.3 Å². The molecule has 2 aromatic heterocycles. The summed E-state index contributed by atoms with van der Waals surface area (Å²) in [7, 11) is 0. The number of nitrogens with zero attached hydrogens (tertiary/aromatic N) is 2. The molecule has 0 aliphatic rings. The lowest BCUT2D eigenvalue weighted by Gasteiger charge is -2.16. The van der Waals surface area contributed by atoms with Crippen LogP contribution in [0.25, 0.3) is 10.2 Å². The van der Waals surface area contributed by atoms with E-state index in [-0.39, 0.29) is 11.1 Å². The Balaban J connectivity index is 1.90. The van der Waals surface area contributed by atoms with Crippen LogP contribution in [-0.4, -0.2) is 31.8 Å². The molecule has 0 bridgehead atoms. The van der Waals surface area contributed by atoms with Gasteiger partial charge in [0.1, 0.15) is 11.2 Å². The summed E-state index contributed by atoms with van der Waals surface area (Å²) in [4.78, 5) is 41.0. The van der Waals surface area contributed by atoms with Gasteiger partial charge in [0.05, 0.1) is 10.8 Å². The number of thiophene rings is 1. The molecule has 2 heterocycles. The van der Waals surface area contributed by atoms with Crippen molar-refractivity contribution >= 4 is 62.5 Å². The monoisotopic (exact) mass is 437 g/mol. The van der Waals surface area contributed by atoms with Crippen LogP contribution in [0.4, 0.5) is 5.69 Å². The first-order valence-corrected chi connectivity index (χ1v) is 10.5. The number of carboxylic acids is 1. The van der Waals surface area contributed by atoms with E-state index in [1.165, 1.54) is 11.3 Å². The molecule has 2 N–H and O–H groups in total. The number of carbonyl (C=O) groups is 2. The largest absolute Gasteiger partial charge is 0.480 e. The van der Waals surface area contributed by atoms with Crippen LogP contribution < -0.4 is 10.9 Å². The molecule has 146 valence electrons. The van der Waals surface area contributed by atoms with Crippen molar-refractivity contribution in [2.24, 2.45) is 0 Å². The lowest BCUT2D eigenvalue weighted by atomic mass is 10.3. The van der Waals surface area contributed by atoms with Crippen LogP contribution in [0.15, 0.2) is 45.7 Å². The van der Waals surface area contributed by atoms with Crippen molar-refractivity contribution in [3.05, 3.63) is 51.1 Å². The maximum absolute atomic E-state index is 12.7. The summed E-state index contributed by atoms with van der Waals surface area (Å²) < 4.78 is 1.49. The van der Waals surface area contributed by atoms with Gasteiger partial charge in [0.15, 0.2) is 5.16 Å². The van der Waals surface area contributed by atoms with E-state index >= 15 is 0 Å². The van der Waals surface area contributed by atoms with E-state index in [2.05, 4.69) is 10.3 Å². The zero-order valence-electron chi connectivity index (χ0n) is 14.7. The minimum absolute atomic E-state index is 0.205. The lowest BCUT2D eigenvalue weighted by Crippen LogP contribution is -2.29. The molecule has 3 aromatic rings. The van der Waals surface area contributed by atoms with Gasteiger partial charge in [-0.1, -0.05) is 30.3 Å². The van der Waals surface area contributed by atoms with Crippen molar-refractivity contribution in [3.63, 3.8) is 0 Å². The molecule has 0 saturated heterocycles. The average Bonchev–Trinajstić information content (AvgIpc) is 3.12. The van der Waals surface area contributed by atoms with Crippen LogP contribution in [0.5, 0.6) is 0 Å². The fraction of sp³-hybridized carbons (Fsp3) is 0.222. The van der Waals surface area contributed by atoms with E-state index in [0.717, 1.165) is 16.3 Å². The van der Waals surface area contributed by atoms with Gasteiger partial charge in [0, 0.05) is 10.7 Å². The number of anilines is 1. The molecule has 1 amide bonds. The second-order valence-electron chi connectivity index (χ2n) is 5.83. The molecule has 10 heteroatoms. The molecule has 1 unspecified atom stereocenters. The first-order chi connectivity index (χ1) is 13.4. The number of benzene rings is 1. The second-order valence-corrected chi connectivity index (χ2v) is 8.35. The number of nitrogens with one attached hydrogen (secondary N) is 1. The summed E-state index contributed by atoms with van der Waals surface area (Å²) in [5.74, 6) is -1.42. The van der Waals surface area contributed by atoms with Crippen molar-refractivity contribution in [2.45, 2.75) is 30.3 Å². The van der Waals surface area contributed by atoms with Crippen molar-refractivity contribution in [1.29, 1.82) is 0 Å². The van der Waals surface area contributed by atoms with Crippen molar-refractivity contribution in [2.75, 3.05) is 5.32 Å². The standard InChI is InChI=1S/C18H16ClN3O4S2/c1-2-13(16(25)20-11-5-3-10(19)4-6-11)28-18-21-12-7-8-27-15(12)17(26)22(18)9-14(23)24/h3-8,13H,2,9H2,1H3,(H,20,25)(H,23,24). The van der Waals surface area contributed by atoms with Crippen LogP contribution in [0.3, 0.4) is 0 Å². The predicted octanol–water partition coefficient (Wildman–Crippen LogP) is 3.71. The van der Waals surface area contributed by atoms with E-state index in [0.29, 0.717) is 27.3 Å². The smallest absolute Gasteiger partial charge is 0.323 e. The third-order valence-electron chi connectivity index (χ3n) is 3.85. The van der Waals surface area contributed by atoms with Crippen LogP contribution in [-0.2, 0) is 16.1 Å². The first kappa shape index (κ1) is 20.4. The third-order valence-corrected chi connectivity index (χ3v) is 6.34. The summed E-state index contributed by atoms with van der Waals surface area (Å²) in [6.07, 6.45) is 0.467. The number of fused-ring (bicyclic) bond motifs is 1. The molecule has 0 fully saturated rings. The highest BCUT2D eigenvalue weighted by Gasteiger charge is 2.23. The summed E-state index contributed by atoms with van der Waals surface area (Å²) >= 11 is 8.14. The molecule has 0 aliphatic heterocycles. The van der Waals surface area contributed by atoms with Gasteiger partial charge in [-0.25, -0.2) is 4.98 Å². The SMILES string of the molecule is CCC(Sc1nc2ccsc2c(=O)n1CC(=O)O)C(=O)Nc1ccc(Cl)cc1. The van der Waals surface area contributed by atoms with E-state index in [1.807, 2.05) is 6.92 Å². The zero-order chi connectivity index (χ0) is 20.3. The number of aromatic nitrogens is 2. The minimum atomic E-state index is -1.15. The Labute approximate surface area is 173 Å². The first-order valence-electron chi connectivity index (χ1n) is 8.32. The maximum atomic E-state index is 12.7. The molecule has 1 aromatic carbocycles. The third kappa shape index (κ3) is 4.54. The molecule has 0 aliphatic carbocycles. The quantitative estimate of drug-likeness (QED) is 0.431. The summed E-state index contributed by atoms with van der Waals surface area (Å²) in [5.41, 5.74) is 0.669. The number of carbonyl (C=O) groups excluding carboxylic acids is 1. The molecule has 7 nitrogen and oxygen atoms in total. The van der Waals surface area contributed by atoms with Crippen molar-refractivity contribution < 1.29 is 14.7 Å². The summed E-state index contributed by atoms with van der Waals surface area (Å²) in [5, 5.41) is 13.9. The number of amides is 1. The Morgan fingerprint density at radius 2 is 2.04 bits per heavy atom. The van der Waals surface area contributed by atoms with Gasteiger partial charge >= 0.3 is 5.97 Å². The van der Waals surface area contributed by atoms with Gasteiger partial charge in [-0.2, -0.15) is 0 Å². The predicted molar refractivity (Wildman–Crippen MR) is 112 cm³/mol. The van der Waals surface area contributed by atoms with Gasteiger partial charge in [0.2, 0.25) is 5.91 Å². The van der Waals surface area contributed by atoms with Crippen LogP contribution in [0, 0.1) is 0 Å². The van der Waals surface area contributed by atoms with E-state index in [9.17, 15) is 19.5 Å². The fourth-order valence-electron chi connectivity index (χ4n) is 2.49. The van der Waals surface area contributed by atoms with Crippen molar-refractivity contribution in [1.82, 2.24) is 9.55 Å². The zero-order valence-corrected chi connectivity index (χ0v) is 17.1. The Morgan fingerprint density at radius 3 is 2.68 bits per heavy atom. The highest BCUT2D eigenvalue weighted by atomic mass is 35.5. The van der Waals surface area contributed by atoms with Gasteiger partial charge in [-0.3, -0.25) is 19.0 Å². The number of thioether (sulfide) groups is 1. The average molecular weight is 438 g/mol. The maximum Gasteiger partial charge on any atom is 0.323 e. The van der Waals surface area contributed by atoms with Gasteiger partial charge in [-0.15, -0.1) is 11.3 Å².